The van der Waals surface area contributed by atoms with Crippen LogP contribution in [0.25, 0.3) is 0 Å². The Bertz CT molecular complexity index is 671. The van der Waals surface area contributed by atoms with E-state index in [9.17, 15) is 4.79 Å². The van der Waals surface area contributed by atoms with Crippen molar-refractivity contribution in [1.82, 2.24) is 5.32 Å². The van der Waals surface area contributed by atoms with Crippen LogP contribution >= 0.6 is 28.1 Å². The summed E-state index contributed by atoms with van der Waals surface area (Å²) in [5.41, 5.74) is 0.618. The third-order valence-corrected chi connectivity index (χ3v) is 3.98. The van der Waals surface area contributed by atoms with Crippen LogP contribution in [0.4, 0.5) is 0 Å². The molecule has 1 aromatic carbocycles. The lowest BCUT2D eigenvalue weighted by atomic mass is 10.0. The van der Waals surface area contributed by atoms with Gasteiger partial charge in [-0.2, -0.15) is 4.57 Å². The van der Waals surface area contributed by atoms with Crippen LogP contribution in [0, 0.1) is 0 Å². The minimum atomic E-state index is -0.572. The zero-order chi connectivity index (χ0) is 15.9. The summed E-state index contributed by atoms with van der Waals surface area (Å²) in [5, 5.41) is 3.06. The summed E-state index contributed by atoms with van der Waals surface area (Å²) in [6.07, 6.45) is 5.38. The molecule has 5 heteroatoms. The Kier molecular flexibility index (Phi) is 5.98. The molecule has 2 rings (SSSR count). The molecule has 1 N–H and O–H groups in total. The maximum Gasteiger partial charge on any atom is 0.270 e. The van der Waals surface area contributed by atoms with Crippen molar-refractivity contribution in [2.24, 2.45) is 0 Å². The van der Waals surface area contributed by atoms with Crippen molar-refractivity contribution in [2.75, 3.05) is 6.54 Å². The zero-order valence-electron chi connectivity index (χ0n) is 11.9. The number of Topliss-reactive ketones (excluding diaryl/α,β-unsaturated/α-hetero) is 1. The minimum Gasteiger partial charge on any atom is -0.370 e. The Balaban J connectivity index is 2.35. The Labute approximate surface area is 143 Å². The van der Waals surface area contributed by atoms with Crippen molar-refractivity contribution in [3.63, 3.8) is 0 Å². The van der Waals surface area contributed by atoms with Crippen LogP contribution in [-0.2, 0) is 0 Å². The Morgan fingerprint density at radius 2 is 1.91 bits per heavy atom. The van der Waals surface area contributed by atoms with E-state index in [-0.39, 0.29) is 5.78 Å². The number of carbonyl (C=O) groups excluding carboxylic acids is 1. The van der Waals surface area contributed by atoms with Gasteiger partial charge in [0.2, 0.25) is 5.78 Å². The summed E-state index contributed by atoms with van der Waals surface area (Å²) < 4.78 is 2.74. The second-order valence-corrected chi connectivity index (χ2v) is 5.99. The van der Waals surface area contributed by atoms with E-state index in [1.807, 2.05) is 47.3 Å². The number of carbonyl (C=O) groups is 1. The van der Waals surface area contributed by atoms with Gasteiger partial charge in [-0.1, -0.05) is 52.4 Å². The molecule has 1 atom stereocenters. The average molecular weight is 376 g/mol. The van der Waals surface area contributed by atoms with Crippen LogP contribution in [0.1, 0.15) is 16.4 Å². The molecular weight excluding hydrogens is 360 g/mol. The van der Waals surface area contributed by atoms with Crippen LogP contribution < -0.4 is 9.88 Å². The Hall–Kier alpha value is -1.85. The highest BCUT2D eigenvalue weighted by molar-refractivity contribution is 9.10. The molecule has 1 heterocycles. The number of ketones is 1. The van der Waals surface area contributed by atoms with Gasteiger partial charge in [-0.3, -0.25) is 4.79 Å². The monoisotopic (exact) mass is 375 g/mol. The van der Waals surface area contributed by atoms with Crippen LogP contribution in [0.2, 0.25) is 0 Å². The molecule has 3 nitrogen and oxygen atoms in total. The van der Waals surface area contributed by atoms with E-state index >= 15 is 0 Å². The number of halogens is 1. The maximum absolute atomic E-state index is 12.9. The first-order valence-corrected chi connectivity index (χ1v) is 7.98. The first-order valence-electron chi connectivity index (χ1n) is 6.77. The Morgan fingerprint density at radius 1 is 1.27 bits per heavy atom. The fourth-order valence-corrected chi connectivity index (χ4v) is 2.59. The van der Waals surface area contributed by atoms with Crippen molar-refractivity contribution in [3.05, 3.63) is 77.5 Å². The predicted octanol–water partition coefficient (Wildman–Crippen LogP) is 3.26. The van der Waals surface area contributed by atoms with Gasteiger partial charge in [-0.05, 0) is 12.1 Å². The first kappa shape index (κ1) is 16.5. The van der Waals surface area contributed by atoms with E-state index in [0.29, 0.717) is 17.1 Å². The summed E-state index contributed by atoms with van der Waals surface area (Å²) in [7, 11) is 0. The van der Waals surface area contributed by atoms with E-state index in [4.69, 9.17) is 12.2 Å². The van der Waals surface area contributed by atoms with Crippen molar-refractivity contribution >= 4 is 38.9 Å². The second kappa shape index (κ2) is 7.96. The summed E-state index contributed by atoms with van der Waals surface area (Å²) in [6, 6.07) is 12.4. The summed E-state index contributed by atoms with van der Waals surface area (Å²) in [6.45, 7) is 4.18. The zero-order valence-corrected chi connectivity index (χ0v) is 14.3. The highest BCUT2D eigenvalue weighted by atomic mass is 79.9. The smallest absolute Gasteiger partial charge is 0.270 e. The predicted molar refractivity (Wildman–Crippen MR) is 94.9 cm³/mol. The maximum atomic E-state index is 12.9. The van der Waals surface area contributed by atoms with E-state index in [0.717, 1.165) is 4.47 Å². The van der Waals surface area contributed by atoms with Crippen molar-refractivity contribution in [2.45, 2.75) is 6.04 Å². The lowest BCUT2D eigenvalue weighted by Gasteiger charge is -2.13. The van der Waals surface area contributed by atoms with Crippen molar-refractivity contribution < 1.29 is 9.36 Å². The average Bonchev–Trinajstić information content (AvgIpc) is 2.54. The van der Waals surface area contributed by atoms with Gasteiger partial charge in [0.15, 0.2) is 17.4 Å². The van der Waals surface area contributed by atoms with E-state index < -0.39 is 6.04 Å². The SMILES string of the molecule is C=CCNC(=S)C(C(=O)c1ccc(Br)cc1)[n+]1ccccc1. The molecule has 22 heavy (non-hydrogen) atoms. The lowest BCUT2D eigenvalue weighted by Crippen LogP contribution is -2.51. The van der Waals surface area contributed by atoms with Gasteiger partial charge in [-0.15, -0.1) is 6.58 Å². The number of benzene rings is 1. The molecule has 0 aliphatic heterocycles. The van der Waals surface area contributed by atoms with Gasteiger partial charge < -0.3 is 5.32 Å². The molecule has 0 saturated heterocycles. The molecule has 0 bridgehead atoms. The summed E-state index contributed by atoms with van der Waals surface area (Å²) in [5.74, 6) is -0.0507. The number of hydrogen-bond donors (Lipinski definition) is 1. The fraction of sp³-hybridized carbons (Fsp3) is 0.118. The van der Waals surface area contributed by atoms with Crippen LogP contribution in [0.3, 0.4) is 0 Å². The topological polar surface area (TPSA) is 33.0 Å². The molecule has 0 fully saturated rings. The molecule has 0 amide bonds. The second-order valence-electron chi connectivity index (χ2n) is 4.63. The number of nitrogens with zero attached hydrogens (tertiary/aromatic N) is 1. The number of nitrogens with one attached hydrogen (secondary N) is 1. The fourth-order valence-electron chi connectivity index (χ4n) is 2.02. The van der Waals surface area contributed by atoms with E-state index in [1.54, 1.807) is 18.2 Å². The molecular formula is C17H16BrN2OS+. The minimum absolute atomic E-state index is 0.0507. The third kappa shape index (κ3) is 4.08. The van der Waals surface area contributed by atoms with Gasteiger partial charge in [0.25, 0.3) is 6.04 Å². The standard InChI is InChI=1S/C17H15BrN2OS/c1-2-10-19-17(22)15(20-11-4-3-5-12-20)16(21)13-6-8-14(18)9-7-13/h2-9,11-12,15H,1,10H2/p+1. The highest BCUT2D eigenvalue weighted by Gasteiger charge is 2.32. The lowest BCUT2D eigenvalue weighted by molar-refractivity contribution is -0.692. The summed E-state index contributed by atoms with van der Waals surface area (Å²) >= 11 is 8.79. The van der Waals surface area contributed by atoms with Crippen molar-refractivity contribution in [3.8, 4) is 0 Å². The van der Waals surface area contributed by atoms with Gasteiger partial charge in [0.1, 0.15) is 0 Å². The molecule has 2 aromatic rings. The number of thiocarbonyl (C=S) groups is 1. The Morgan fingerprint density at radius 3 is 2.50 bits per heavy atom. The first-order chi connectivity index (χ1) is 10.6. The molecule has 0 aliphatic carbocycles. The molecule has 1 unspecified atom stereocenters. The molecule has 1 aromatic heterocycles. The van der Waals surface area contributed by atoms with E-state index in [2.05, 4.69) is 27.8 Å². The van der Waals surface area contributed by atoms with Crippen molar-refractivity contribution in [1.29, 1.82) is 0 Å². The number of rotatable bonds is 6. The number of pyridine rings is 1. The van der Waals surface area contributed by atoms with Gasteiger partial charge in [0, 0.05) is 28.7 Å². The number of hydrogen-bond acceptors (Lipinski definition) is 2. The third-order valence-electron chi connectivity index (χ3n) is 3.08. The highest BCUT2D eigenvalue weighted by Crippen LogP contribution is 2.15. The molecule has 0 spiro atoms. The largest absolute Gasteiger partial charge is 0.370 e. The van der Waals surface area contributed by atoms with Crippen LogP contribution in [-0.4, -0.2) is 17.3 Å². The van der Waals surface area contributed by atoms with Gasteiger partial charge in [0.05, 0.1) is 0 Å². The molecule has 0 aliphatic rings. The normalized spacial score (nSPS) is 11.5. The number of aromatic nitrogens is 1. The quantitative estimate of drug-likeness (QED) is 0.364. The van der Waals surface area contributed by atoms with Crippen LogP contribution in [0.5, 0.6) is 0 Å². The molecule has 112 valence electrons. The molecule has 0 saturated carbocycles. The summed E-state index contributed by atoms with van der Waals surface area (Å²) in [4.78, 5) is 13.3. The van der Waals surface area contributed by atoms with E-state index in [1.165, 1.54) is 0 Å². The van der Waals surface area contributed by atoms with Gasteiger partial charge in [-0.25, -0.2) is 0 Å². The van der Waals surface area contributed by atoms with Gasteiger partial charge >= 0.3 is 0 Å². The molecule has 0 radical (unpaired) electrons. The van der Waals surface area contributed by atoms with Crippen LogP contribution in [0.15, 0.2) is 72.0 Å².